The molecule has 1 aliphatic heterocycles. The van der Waals surface area contributed by atoms with Crippen LogP contribution in [0.2, 0.25) is 0 Å². The van der Waals surface area contributed by atoms with Gasteiger partial charge in [0.1, 0.15) is 0 Å². The highest BCUT2D eigenvalue weighted by atomic mass is 15.2. The standard InChI is InChI=1S/C17H28N2/c1-12-10-19(11-16(12)18)13(2)14-6-8-15(9-7-14)17(3,4)5/h6-9,12-13,16H,10-11,18H2,1-5H3. The molecule has 0 spiro atoms. The van der Waals surface area contributed by atoms with Crippen LogP contribution in [-0.2, 0) is 5.41 Å². The van der Waals surface area contributed by atoms with Gasteiger partial charge in [0.15, 0.2) is 0 Å². The third kappa shape index (κ3) is 3.18. The third-order valence-corrected chi connectivity index (χ3v) is 4.51. The summed E-state index contributed by atoms with van der Waals surface area (Å²) < 4.78 is 0. The van der Waals surface area contributed by atoms with Crippen molar-refractivity contribution in [3.05, 3.63) is 35.4 Å². The molecule has 1 fully saturated rings. The summed E-state index contributed by atoms with van der Waals surface area (Å²) in [5.74, 6) is 0.608. The van der Waals surface area contributed by atoms with Gasteiger partial charge in [0.25, 0.3) is 0 Å². The molecular weight excluding hydrogens is 232 g/mol. The quantitative estimate of drug-likeness (QED) is 0.884. The lowest BCUT2D eigenvalue weighted by atomic mass is 9.86. The van der Waals surface area contributed by atoms with Crippen LogP contribution in [0.15, 0.2) is 24.3 Å². The molecule has 1 aliphatic rings. The van der Waals surface area contributed by atoms with Crippen LogP contribution < -0.4 is 5.73 Å². The number of nitrogens with zero attached hydrogens (tertiary/aromatic N) is 1. The van der Waals surface area contributed by atoms with E-state index in [-0.39, 0.29) is 5.41 Å². The summed E-state index contributed by atoms with van der Waals surface area (Å²) in [6.07, 6.45) is 0. The second-order valence-corrected chi connectivity index (χ2v) is 7.14. The van der Waals surface area contributed by atoms with E-state index in [0.717, 1.165) is 13.1 Å². The van der Waals surface area contributed by atoms with E-state index in [1.54, 1.807) is 0 Å². The molecule has 106 valence electrons. The number of benzene rings is 1. The van der Waals surface area contributed by atoms with E-state index in [0.29, 0.717) is 18.0 Å². The Labute approximate surface area is 118 Å². The molecule has 1 saturated heterocycles. The van der Waals surface area contributed by atoms with Crippen molar-refractivity contribution in [3.63, 3.8) is 0 Å². The van der Waals surface area contributed by atoms with Crippen molar-refractivity contribution in [2.75, 3.05) is 13.1 Å². The highest BCUT2D eigenvalue weighted by Gasteiger charge is 2.30. The first-order chi connectivity index (χ1) is 8.79. The Morgan fingerprint density at radius 1 is 1.16 bits per heavy atom. The van der Waals surface area contributed by atoms with Crippen LogP contribution in [-0.4, -0.2) is 24.0 Å². The highest BCUT2D eigenvalue weighted by Crippen LogP contribution is 2.29. The van der Waals surface area contributed by atoms with Crippen molar-refractivity contribution in [2.45, 2.75) is 52.1 Å². The Kier molecular flexibility index (Phi) is 4.03. The molecular formula is C17H28N2. The molecule has 1 heterocycles. The van der Waals surface area contributed by atoms with Crippen molar-refractivity contribution in [1.82, 2.24) is 4.90 Å². The molecule has 19 heavy (non-hydrogen) atoms. The minimum absolute atomic E-state index is 0.228. The highest BCUT2D eigenvalue weighted by molar-refractivity contribution is 5.29. The van der Waals surface area contributed by atoms with Crippen LogP contribution in [0.5, 0.6) is 0 Å². The molecule has 0 bridgehead atoms. The maximum Gasteiger partial charge on any atom is 0.0320 e. The first kappa shape index (κ1) is 14.5. The van der Waals surface area contributed by atoms with Gasteiger partial charge >= 0.3 is 0 Å². The average Bonchev–Trinajstić information content (AvgIpc) is 2.68. The maximum atomic E-state index is 6.12. The summed E-state index contributed by atoms with van der Waals surface area (Å²) in [4.78, 5) is 2.50. The lowest BCUT2D eigenvalue weighted by molar-refractivity contribution is 0.253. The van der Waals surface area contributed by atoms with Crippen LogP contribution >= 0.6 is 0 Å². The first-order valence-electron chi connectivity index (χ1n) is 7.39. The van der Waals surface area contributed by atoms with E-state index in [1.165, 1.54) is 11.1 Å². The van der Waals surface area contributed by atoms with Gasteiger partial charge in [-0.05, 0) is 29.4 Å². The van der Waals surface area contributed by atoms with Crippen LogP contribution in [0.3, 0.4) is 0 Å². The van der Waals surface area contributed by atoms with Gasteiger partial charge in [0.2, 0.25) is 0 Å². The van der Waals surface area contributed by atoms with Crippen LogP contribution in [0, 0.1) is 5.92 Å². The zero-order valence-electron chi connectivity index (χ0n) is 13.0. The monoisotopic (exact) mass is 260 g/mol. The SMILES string of the molecule is CC1CN(C(C)c2ccc(C(C)(C)C)cc2)CC1N. The van der Waals surface area contributed by atoms with Crippen LogP contribution in [0.4, 0.5) is 0 Å². The Balaban J connectivity index is 2.10. The topological polar surface area (TPSA) is 29.3 Å². The number of rotatable bonds is 2. The van der Waals surface area contributed by atoms with E-state index < -0.39 is 0 Å². The van der Waals surface area contributed by atoms with Gasteiger partial charge in [-0.25, -0.2) is 0 Å². The molecule has 0 radical (unpaired) electrons. The van der Waals surface area contributed by atoms with Gasteiger partial charge in [0.05, 0.1) is 0 Å². The fourth-order valence-electron chi connectivity index (χ4n) is 2.82. The Bertz CT molecular complexity index is 406. The lowest BCUT2D eigenvalue weighted by Crippen LogP contribution is -2.29. The lowest BCUT2D eigenvalue weighted by Gasteiger charge is -2.26. The van der Waals surface area contributed by atoms with Gasteiger partial charge in [-0.1, -0.05) is 52.0 Å². The summed E-state index contributed by atoms with van der Waals surface area (Å²) in [6.45, 7) is 13.4. The largest absolute Gasteiger partial charge is 0.326 e. The number of nitrogens with two attached hydrogens (primary N) is 1. The van der Waals surface area contributed by atoms with Crippen molar-refractivity contribution >= 4 is 0 Å². The summed E-state index contributed by atoms with van der Waals surface area (Å²) in [5, 5.41) is 0. The summed E-state index contributed by atoms with van der Waals surface area (Å²) in [7, 11) is 0. The maximum absolute atomic E-state index is 6.12. The summed E-state index contributed by atoms with van der Waals surface area (Å²) in [5.41, 5.74) is 9.15. The predicted molar refractivity (Wildman–Crippen MR) is 82.3 cm³/mol. The second-order valence-electron chi connectivity index (χ2n) is 7.14. The van der Waals surface area contributed by atoms with E-state index in [2.05, 4.69) is 63.8 Å². The van der Waals surface area contributed by atoms with Crippen molar-refractivity contribution < 1.29 is 0 Å². The van der Waals surface area contributed by atoms with Crippen molar-refractivity contribution in [2.24, 2.45) is 11.7 Å². The van der Waals surface area contributed by atoms with E-state index in [1.807, 2.05) is 0 Å². The van der Waals surface area contributed by atoms with Crippen LogP contribution in [0.25, 0.3) is 0 Å². The Morgan fingerprint density at radius 2 is 1.74 bits per heavy atom. The molecule has 0 aromatic heterocycles. The molecule has 3 atom stereocenters. The molecule has 0 amide bonds. The molecule has 1 aromatic rings. The van der Waals surface area contributed by atoms with Gasteiger partial charge < -0.3 is 5.73 Å². The minimum Gasteiger partial charge on any atom is -0.326 e. The zero-order valence-corrected chi connectivity index (χ0v) is 13.0. The van der Waals surface area contributed by atoms with Crippen molar-refractivity contribution in [1.29, 1.82) is 0 Å². The predicted octanol–water partition coefficient (Wildman–Crippen LogP) is 3.32. The van der Waals surface area contributed by atoms with E-state index >= 15 is 0 Å². The fourth-order valence-corrected chi connectivity index (χ4v) is 2.82. The van der Waals surface area contributed by atoms with Gasteiger partial charge in [-0.3, -0.25) is 4.90 Å². The second kappa shape index (κ2) is 5.26. The first-order valence-corrected chi connectivity index (χ1v) is 7.39. The van der Waals surface area contributed by atoms with E-state index in [4.69, 9.17) is 5.73 Å². The fraction of sp³-hybridized carbons (Fsp3) is 0.647. The Morgan fingerprint density at radius 3 is 2.16 bits per heavy atom. The normalized spacial score (nSPS) is 26.6. The molecule has 2 heteroatoms. The molecule has 0 aliphatic carbocycles. The molecule has 2 rings (SSSR count). The van der Waals surface area contributed by atoms with Crippen molar-refractivity contribution in [3.8, 4) is 0 Å². The van der Waals surface area contributed by atoms with Gasteiger partial charge in [-0.15, -0.1) is 0 Å². The minimum atomic E-state index is 0.228. The number of hydrogen-bond donors (Lipinski definition) is 1. The molecule has 1 aromatic carbocycles. The summed E-state index contributed by atoms with van der Waals surface area (Å²) in [6, 6.07) is 9.89. The van der Waals surface area contributed by atoms with Gasteiger partial charge in [0, 0.05) is 25.2 Å². The number of hydrogen-bond acceptors (Lipinski definition) is 2. The third-order valence-electron chi connectivity index (χ3n) is 4.51. The average molecular weight is 260 g/mol. The van der Waals surface area contributed by atoms with Crippen LogP contribution in [0.1, 0.15) is 51.8 Å². The molecule has 2 nitrogen and oxygen atoms in total. The molecule has 3 unspecified atom stereocenters. The smallest absolute Gasteiger partial charge is 0.0320 e. The molecule has 0 saturated carbocycles. The number of likely N-dealkylation sites (tertiary alicyclic amines) is 1. The molecule has 2 N–H and O–H groups in total. The van der Waals surface area contributed by atoms with E-state index in [9.17, 15) is 0 Å². The Hall–Kier alpha value is -0.860. The zero-order chi connectivity index (χ0) is 14.2. The summed E-state index contributed by atoms with van der Waals surface area (Å²) >= 11 is 0. The van der Waals surface area contributed by atoms with Gasteiger partial charge in [-0.2, -0.15) is 0 Å².